The van der Waals surface area contributed by atoms with Gasteiger partial charge in [0, 0.05) is 13.2 Å². The van der Waals surface area contributed by atoms with E-state index >= 15 is 0 Å². The van der Waals surface area contributed by atoms with Crippen LogP contribution in [0.2, 0.25) is 0 Å². The third kappa shape index (κ3) is 2.84. The molecule has 1 unspecified atom stereocenters. The second-order valence-electron chi connectivity index (χ2n) is 3.46. The summed E-state index contributed by atoms with van der Waals surface area (Å²) in [5.41, 5.74) is 0. The molecule has 0 aromatic rings. The maximum atomic E-state index is 8.78. The summed E-state index contributed by atoms with van der Waals surface area (Å²) in [7, 11) is 0. The highest BCUT2D eigenvalue weighted by Crippen LogP contribution is 2.18. The van der Waals surface area contributed by atoms with E-state index in [9.17, 15) is 0 Å². The first kappa shape index (κ1) is 9.57. The average molecular weight is 167 g/mol. The van der Waals surface area contributed by atoms with E-state index in [-0.39, 0.29) is 0 Å². The van der Waals surface area contributed by atoms with Crippen molar-refractivity contribution in [2.75, 3.05) is 26.2 Å². The Kier molecular flexibility index (Phi) is 4.13. The number of hydrogen-bond acceptors (Lipinski definition) is 2. The van der Waals surface area contributed by atoms with E-state index < -0.39 is 0 Å². The second kappa shape index (κ2) is 5.18. The predicted octanol–water partition coefficient (Wildman–Crippen LogP) is 0.714. The molecule has 0 saturated carbocycles. The molecule has 1 heterocycles. The van der Waals surface area contributed by atoms with Crippen molar-refractivity contribution in [2.24, 2.45) is 5.92 Å². The smallest absolute Gasteiger partial charge is 0.0599 e. The van der Waals surface area contributed by atoms with Crippen molar-refractivity contribution in [1.82, 2.24) is 4.90 Å². The van der Waals surface area contributed by atoms with Crippen LogP contribution in [0, 0.1) is 18.3 Å². The molecule has 1 fully saturated rings. The Balaban J connectivity index is 2.26. The zero-order chi connectivity index (χ0) is 8.81. The summed E-state index contributed by atoms with van der Waals surface area (Å²) in [6.07, 6.45) is 8.65. The molecule has 2 nitrogen and oxygen atoms in total. The standard InChI is InChI=1S/C10H17NO/c1-2-6-11-7-3-4-10(9-11)5-8-12/h1,10,12H,3-9H2. The van der Waals surface area contributed by atoms with E-state index in [2.05, 4.69) is 10.8 Å². The molecule has 1 atom stereocenters. The topological polar surface area (TPSA) is 23.5 Å². The van der Waals surface area contributed by atoms with E-state index in [0.29, 0.717) is 12.5 Å². The van der Waals surface area contributed by atoms with Gasteiger partial charge < -0.3 is 5.11 Å². The lowest BCUT2D eigenvalue weighted by atomic mass is 9.95. The summed E-state index contributed by atoms with van der Waals surface area (Å²) in [6.45, 7) is 3.29. The number of likely N-dealkylation sites (tertiary alicyclic amines) is 1. The second-order valence-corrected chi connectivity index (χ2v) is 3.46. The van der Waals surface area contributed by atoms with Crippen molar-refractivity contribution in [1.29, 1.82) is 0 Å². The molecule has 0 aromatic carbocycles. The van der Waals surface area contributed by atoms with E-state index in [1.165, 1.54) is 12.8 Å². The number of hydrogen-bond donors (Lipinski definition) is 1. The van der Waals surface area contributed by atoms with E-state index in [1.54, 1.807) is 0 Å². The van der Waals surface area contributed by atoms with Crippen molar-refractivity contribution in [3.8, 4) is 12.3 Å². The van der Waals surface area contributed by atoms with Crippen LogP contribution >= 0.6 is 0 Å². The van der Waals surface area contributed by atoms with Gasteiger partial charge in [0.1, 0.15) is 0 Å². The van der Waals surface area contributed by atoms with Gasteiger partial charge in [-0.15, -0.1) is 6.42 Å². The van der Waals surface area contributed by atoms with Gasteiger partial charge in [0.05, 0.1) is 6.54 Å². The van der Waals surface area contributed by atoms with Gasteiger partial charge in [-0.05, 0) is 31.7 Å². The summed E-state index contributed by atoms with van der Waals surface area (Å²) in [5.74, 6) is 3.33. The van der Waals surface area contributed by atoms with Crippen LogP contribution in [-0.2, 0) is 0 Å². The van der Waals surface area contributed by atoms with Crippen molar-refractivity contribution < 1.29 is 5.11 Å². The highest BCUT2D eigenvalue weighted by atomic mass is 16.3. The molecule has 68 valence electrons. The summed E-state index contributed by atoms with van der Waals surface area (Å²) in [5, 5.41) is 8.78. The minimum atomic E-state index is 0.314. The van der Waals surface area contributed by atoms with Gasteiger partial charge in [-0.2, -0.15) is 0 Å². The van der Waals surface area contributed by atoms with Gasteiger partial charge in [-0.3, -0.25) is 4.90 Å². The molecular formula is C10H17NO. The SMILES string of the molecule is C#CCN1CCCC(CCO)C1. The zero-order valence-corrected chi connectivity index (χ0v) is 7.50. The number of nitrogens with zero attached hydrogens (tertiary/aromatic N) is 1. The van der Waals surface area contributed by atoms with Crippen molar-refractivity contribution in [2.45, 2.75) is 19.3 Å². The Bertz CT molecular complexity index is 160. The van der Waals surface area contributed by atoms with E-state index in [1.807, 2.05) is 0 Å². The molecule has 2 heteroatoms. The largest absolute Gasteiger partial charge is 0.396 e. The Morgan fingerprint density at radius 3 is 3.08 bits per heavy atom. The van der Waals surface area contributed by atoms with Gasteiger partial charge >= 0.3 is 0 Å². The van der Waals surface area contributed by atoms with Gasteiger partial charge in [-0.1, -0.05) is 5.92 Å². The number of aliphatic hydroxyl groups is 1. The molecule has 12 heavy (non-hydrogen) atoms. The van der Waals surface area contributed by atoms with Crippen LogP contribution in [0.3, 0.4) is 0 Å². The summed E-state index contributed by atoms with van der Waals surface area (Å²) >= 11 is 0. The monoisotopic (exact) mass is 167 g/mol. The summed E-state index contributed by atoms with van der Waals surface area (Å²) < 4.78 is 0. The molecule has 1 aliphatic heterocycles. The highest BCUT2D eigenvalue weighted by molar-refractivity contribution is 4.89. The lowest BCUT2D eigenvalue weighted by Crippen LogP contribution is -2.35. The van der Waals surface area contributed by atoms with Gasteiger partial charge in [-0.25, -0.2) is 0 Å². The van der Waals surface area contributed by atoms with E-state index in [4.69, 9.17) is 11.5 Å². The molecule has 0 aromatic heterocycles. The molecule has 0 amide bonds. The molecule has 1 saturated heterocycles. The lowest BCUT2D eigenvalue weighted by molar-refractivity contribution is 0.161. The maximum Gasteiger partial charge on any atom is 0.0599 e. The van der Waals surface area contributed by atoms with Crippen LogP contribution in [0.4, 0.5) is 0 Å². The van der Waals surface area contributed by atoms with Crippen LogP contribution < -0.4 is 0 Å². The molecule has 0 aliphatic carbocycles. The van der Waals surface area contributed by atoms with Gasteiger partial charge in [0.2, 0.25) is 0 Å². The highest BCUT2D eigenvalue weighted by Gasteiger charge is 2.17. The fraction of sp³-hybridized carbons (Fsp3) is 0.800. The number of aliphatic hydroxyl groups excluding tert-OH is 1. The normalized spacial score (nSPS) is 25.2. The van der Waals surface area contributed by atoms with Crippen molar-refractivity contribution >= 4 is 0 Å². The van der Waals surface area contributed by atoms with Gasteiger partial charge in [0.25, 0.3) is 0 Å². The molecule has 0 radical (unpaired) electrons. The Morgan fingerprint density at radius 1 is 1.58 bits per heavy atom. The quantitative estimate of drug-likeness (QED) is 0.626. The minimum Gasteiger partial charge on any atom is -0.396 e. The van der Waals surface area contributed by atoms with Crippen LogP contribution in [0.25, 0.3) is 0 Å². The minimum absolute atomic E-state index is 0.314. The Hall–Kier alpha value is -0.520. The summed E-state index contributed by atoms with van der Waals surface area (Å²) in [6, 6.07) is 0. The van der Waals surface area contributed by atoms with E-state index in [0.717, 1.165) is 26.1 Å². The van der Waals surface area contributed by atoms with Crippen molar-refractivity contribution in [3.05, 3.63) is 0 Å². The third-order valence-corrected chi connectivity index (χ3v) is 2.46. The lowest BCUT2D eigenvalue weighted by Gasteiger charge is -2.30. The fourth-order valence-electron chi connectivity index (χ4n) is 1.84. The average Bonchev–Trinajstić information content (AvgIpc) is 2.06. The molecule has 1 rings (SSSR count). The van der Waals surface area contributed by atoms with Crippen molar-refractivity contribution in [3.63, 3.8) is 0 Å². The van der Waals surface area contributed by atoms with Crippen LogP contribution in [-0.4, -0.2) is 36.2 Å². The van der Waals surface area contributed by atoms with Crippen LogP contribution in [0.1, 0.15) is 19.3 Å². The first-order valence-corrected chi connectivity index (χ1v) is 4.63. The first-order valence-electron chi connectivity index (χ1n) is 4.63. The maximum absolute atomic E-state index is 8.78. The first-order chi connectivity index (χ1) is 5.86. The Morgan fingerprint density at radius 2 is 2.42 bits per heavy atom. The number of piperidine rings is 1. The zero-order valence-electron chi connectivity index (χ0n) is 7.50. The molecule has 0 spiro atoms. The van der Waals surface area contributed by atoms with Crippen LogP contribution in [0.5, 0.6) is 0 Å². The fourth-order valence-corrected chi connectivity index (χ4v) is 1.84. The number of terminal acetylenes is 1. The van der Waals surface area contributed by atoms with Crippen LogP contribution in [0.15, 0.2) is 0 Å². The predicted molar refractivity (Wildman–Crippen MR) is 49.7 cm³/mol. The molecule has 1 N–H and O–H groups in total. The molecule has 0 bridgehead atoms. The number of rotatable bonds is 3. The van der Waals surface area contributed by atoms with Gasteiger partial charge in [0.15, 0.2) is 0 Å². The third-order valence-electron chi connectivity index (χ3n) is 2.46. The Labute approximate surface area is 74.6 Å². The summed E-state index contributed by atoms with van der Waals surface area (Å²) in [4.78, 5) is 2.30. The molecule has 1 aliphatic rings. The molecular weight excluding hydrogens is 150 g/mol.